The quantitative estimate of drug-likeness (QED) is 0.774. The van der Waals surface area contributed by atoms with Crippen LogP contribution in [0.4, 0.5) is 5.69 Å². The van der Waals surface area contributed by atoms with Gasteiger partial charge in [0.1, 0.15) is 0 Å². The van der Waals surface area contributed by atoms with Gasteiger partial charge in [-0.25, -0.2) is 0 Å². The molecular formula is C15H21ClN2O4. The van der Waals surface area contributed by atoms with Crippen LogP contribution in [0.15, 0.2) is 18.2 Å². The van der Waals surface area contributed by atoms with Gasteiger partial charge in [-0.15, -0.1) is 0 Å². The molecule has 2 amide bonds. The van der Waals surface area contributed by atoms with Gasteiger partial charge in [0.25, 0.3) is 0 Å². The molecule has 0 saturated heterocycles. The smallest absolute Gasteiger partial charge is 0.313 e. The first kappa shape index (κ1) is 18.4. The number of halogens is 1. The Morgan fingerprint density at radius 1 is 1.18 bits per heavy atom. The third kappa shape index (κ3) is 5.63. The van der Waals surface area contributed by atoms with Crippen LogP contribution in [0, 0.1) is 6.92 Å². The van der Waals surface area contributed by atoms with E-state index in [1.807, 2.05) is 0 Å². The first-order chi connectivity index (χ1) is 10.5. The number of amides is 2. The van der Waals surface area contributed by atoms with E-state index >= 15 is 0 Å². The highest BCUT2D eigenvalue weighted by atomic mass is 35.5. The first-order valence-electron chi connectivity index (χ1n) is 6.84. The molecular weight excluding hydrogens is 308 g/mol. The number of nitrogens with zero attached hydrogens (tertiary/aromatic N) is 1. The van der Waals surface area contributed by atoms with Crippen molar-refractivity contribution in [2.45, 2.75) is 6.92 Å². The van der Waals surface area contributed by atoms with Crippen LogP contribution < -0.4 is 5.32 Å². The molecule has 0 bridgehead atoms. The van der Waals surface area contributed by atoms with Crippen LogP contribution in [0.3, 0.4) is 0 Å². The molecule has 0 aliphatic rings. The van der Waals surface area contributed by atoms with Crippen molar-refractivity contribution in [1.82, 2.24) is 4.90 Å². The number of aryl methyl sites for hydroxylation is 1. The van der Waals surface area contributed by atoms with Gasteiger partial charge in [-0.05, 0) is 30.7 Å². The van der Waals surface area contributed by atoms with Gasteiger partial charge in [0.15, 0.2) is 0 Å². The number of ether oxygens (including phenoxy) is 2. The summed E-state index contributed by atoms with van der Waals surface area (Å²) in [6.07, 6.45) is 0. The topological polar surface area (TPSA) is 67.9 Å². The molecule has 0 fully saturated rings. The summed E-state index contributed by atoms with van der Waals surface area (Å²) in [4.78, 5) is 25.7. The summed E-state index contributed by atoms with van der Waals surface area (Å²) in [5, 5.41) is 3.17. The highest BCUT2D eigenvalue weighted by Gasteiger charge is 2.22. The van der Waals surface area contributed by atoms with Crippen LogP contribution in [0.5, 0.6) is 0 Å². The van der Waals surface area contributed by atoms with Crippen molar-refractivity contribution in [3.63, 3.8) is 0 Å². The minimum absolute atomic E-state index is 0.325. The van der Waals surface area contributed by atoms with Gasteiger partial charge < -0.3 is 19.7 Å². The second-order valence-corrected chi connectivity index (χ2v) is 5.13. The molecule has 6 nitrogen and oxygen atoms in total. The van der Waals surface area contributed by atoms with Gasteiger partial charge in [0.2, 0.25) is 0 Å². The summed E-state index contributed by atoms with van der Waals surface area (Å²) in [6, 6.07) is 5.04. The summed E-state index contributed by atoms with van der Waals surface area (Å²) < 4.78 is 9.90. The molecule has 0 unspecified atom stereocenters. The Bertz CT molecular complexity index is 514. The predicted octanol–water partition coefficient (Wildman–Crippen LogP) is 1.71. The van der Waals surface area contributed by atoms with Crippen molar-refractivity contribution in [2.75, 3.05) is 45.8 Å². The summed E-state index contributed by atoms with van der Waals surface area (Å²) in [6.45, 7) is 3.16. The van der Waals surface area contributed by atoms with Gasteiger partial charge in [-0.3, -0.25) is 9.59 Å². The minimum Gasteiger partial charge on any atom is -0.383 e. The van der Waals surface area contributed by atoms with Crippen molar-refractivity contribution in [3.8, 4) is 0 Å². The maximum atomic E-state index is 12.2. The Morgan fingerprint density at radius 2 is 1.77 bits per heavy atom. The third-order valence-electron chi connectivity index (χ3n) is 3.05. The lowest BCUT2D eigenvalue weighted by Gasteiger charge is -2.21. The van der Waals surface area contributed by atoms with Crippen LogP contribution in [-0.4, -0.2) is 57.2 Å². The van der Waals surface area contributed by atoms with Crippen molar-refractivity contribution < 1.29 is 19.1 Å². The molecule has 0 heterocycles. The monoisotopic (exact) mass is 328 g/mol. The molecule has 0 saturated carbocycles. The highest BCUT2D eigenvalue weighted by molar-refractivity contribution is 6.39. The molecule has 1 rings (SSSR count). The lowest BCUT2D eigenvalue weighted by molar-refractivity contribution is -0.144. The van der Waals surface area contributed by atoms with Crippen molar-refractivity contribution in [2.24, 2.45) is 0 Å². The third-order valence-corrected chi connectivity index (χ3v) is 3.28. The van der Waals surface area contributed by atoms with E-state index in [2.05, 4.69) is 5.32 Å². The van der Waals surface area contributed by atoms with E-state index < -0.39 is 11.8 Å². The zero-order valence-corrected chi connectivity index (χ0v) is 13.8. The number of hydrogen-bond acceptors (Lipinski definition) is 4. The minimum atomic E-state index is -0.697. The van der Waals surface area contributed by atoms with Crippen molar-refractivity contribution in [3.05, 3.63) is 28.8 Å². The SMILES string of the molecule is COCCN(CCOC)C(=O)C(=O)Nc1ccc(Cl)cc1C. The molecule has 1 N–H and O–H groups in total. The second-order valence-electron chi connectivity index (χ2n) is 4.69. The van der Waals surface area contributed by atoms with E-state index in [0.29, 0.717) is 37.0 Å². The number of benzene rings is 1. The van der Waals surface area contributed by atoms with E-state index in [9.17, 15) is 9.59 Å². The Balaban J connectivity index is 2.73. The van der Waals surface area contributed by atoms with Gasteiger partial charge in [0.05, 0.1) is 13.2 Å². The number of rotatable bonds is 7. The standard InChI is InChI=1S/C15H21ClN2O4/c1-11-10-12(16)4-5-13(11)17-14(19)15(20)18(6-8-21-2)7-9-22-3/h4-5,10H,6-9H2,1-3H3,(H,17,19). The number of nitrogens with one attached hydrogen (secondary N) is 1. The molecule has 0 spiro atoms. The molecule has 0 aliphatic carbocycles. The Hall–Kier alpha value is -1.63. The zero-order chi connectivity index (χ0) is 16.5. The van der Waals surface area contributed by atoms with E-state index in [0.717, 1.165) is 5.56 Å². The first-order valence-corrected chi connectivity index (χ1v) is 7.21. The van der Waals surface area contributed by atoms with E-state index in [4.69, 9.17) is 21.1 Å². The fourth-order valence-corrected chi connectivity index (χ4v) is 2.03. The highest BCUT2D eigenvalue weighted by Crippen LogP contribution is 2.19. The van der Waals surface area contributed by atoms with Crippen LogP contribution in [0.1, 0.15) is 5.56 Å². The van der Waals surface area contributed by atoms with E-state index in [1.54, 1.807) is 25.1 Å². The molecule has 0 radical (unpaired) electrons. The van der Waals surface area contributed by atoms with Crippen molar-refractivity contribution in [1.29, 1.82) is 0 Å². The largest absolute Gasteiger partial charge is 0.383 e. The average molecular weight is 329 g/mol. The average Bonchev–Trinajstić information content (AvgIpc) is 2.49. The molecule has 22 heavy (non-hydrogen) atoms. The van der Waals surface area contributed by atoms with Gasteiger partial charge in [-0.2, -0.15) is 0 Å². The molecule has 7 heteroatoms. The molecule has 1 aromatic rings. The Labute approximate surface area is 135 Å². The Kier molecular flexibility index (Phi) is 7.87. The number of anilines is 1. The maximum absolute atomic E-state index is 12.2. The van der Waals surface area contributed by atoms with E-state index in [1.165, 1.54) is 19.1 Å². The fraction of sp³-hybridized carbons (Fsp3) is 0.467. The predicted molar refractivity (Wildman–Crippen MR) is 85.2 cm³/mol. The number of carbonyl (C=O) groups excluding carboxylic acids is 2. The fourth-order valence-electron chi connectivity index (χ4n) is 1.80. The number of hydrogen-bond donors (Lipinski definition) is 1. The normalized spacial score (nSPS) is 10.4. The molecule has 0 aliphatic heterocycles. The number of methoxy groups -OCH3 is 2. The molecule has 0 aromatic heterocycles. The zero-order valence-electron chi connectivity index (χ0n) is 13.0. The second kappa shape index (κ2) is 9.40. The maximum Gasteiger partial charge on any atom is 0.313 e. The molecule has 0 atom stereocenters. The summed E-state index contributed by atoms with van der Waals surface area (Å²) in [5.74, 6) is -1.32. The van der Waals surface area contributed by atoms with Gasteiger partial charge >= 0.3 is 11.8 Å². The summed E-state index contributed by atoms with van der Waals surface area (Å²) in [7, 11) is 3.08. The lowest BCUT2D eigenvalue weighted by atomic mass is 10.2. The molecule has 1 aromatic carbocycles. The van der Waals surface area contributed by atoms with Crippen LogP contribution >= 0.6 is 11.6 Å². The summed E-state index contributed by atoms with van der Waals surface area (Å²) >= 11 is 5.87. The molecule has 122 valence electrons. The number of carbonyl (C=O) groups is 2. The summed E-state index contributed by atoms with van der Waals surface area (Å²) in [5.41, 5.74) is 1.34. The Morgan fingerprint density at radius 3 is 2.27 bits per heavy atom. The van der Waals surface area contributed by atoms with Crippen LogP contribution in [0.2, 0.25) is 5.02 Å². The van der Waals surface area contributed by atoms with Crippen LogP contribution in [-0.2, 0) is 19.1 Å². The van der Waals surface area contributed by atoms with Crippen molar-refractivity contribution >= 4 is 29.1 Å². The lowest BCUT2D eigenvalue weighted by Crippen LogP contribution is -2.43. The van der Waals surface area contributed by atoms with Crippen LogP contribution in [0.25, 0.3) is 0 Å². The van der Waals surface area contributed by atoms with Gasteiger partial charge in [-0.1, -0.05) is 11.6 Å². The van der Waals surface area contributed by atoms with E-state index in [-0.39, 0.29) is 0 Å². The van der Waals surface area contributed by atoms with Gasteiger partial charge in [0, 0.05) is 38.0 Å².